The molecule has 24 heavy (non-hydrogen) atoms. The lowest BCUT2D eigenvalue weighted by Crippen LogP contribution is -2.43. The number of esters is 1. The molecule has 1 aliphatic rings. The van der Waals surface area contributed by atoms with Gasteiger partial charge in [-0.3, -0.25) is 19.7 Å². The Hall–Kier alpha value is -2.70. The molecule has 0 bridgehead atoms. The van der Waals surface area contributed by atoms with Gasteiger partial charge in [-0.05, 0) is 38.0 Å². The fraction of sp³-hybridized carbons (Fsp3) is 0.412. The minimum absolute atomic E-state index is 0.147. The molecule has 1 atom stereocenters. The maximum atomic E-state index is 12.7. The van der Waals surface area contributed by atoms with E-state index in [1.54, 1.807) is 30.3 Å². The van der Waals surface area contributed by atoms with Crippen LogP contribution in [0.5, 0.6) is 0 Å². The number of nitrogens with zero attached hydrogens (tertiary/aromatic N) is 3. The molecule has 3 heterocycles. The van der Waals surface area contributed by atoms with E-state index in [1.807, 2.05) is 12.1 Å². The smallest absolute Gasteiger partial charge is 0.310 e. The number of piperidine rings is 1. The van der Waals surface area contributed by atoms with Crippen LogP contribution in [0, 0.1) is 5.92 Å². The number of amides is 1. The van der Waals surface area contributed by atoms with Crippen molar-refractivity contribution in [3.05, 3.63) is 36.3 Å². The third kappa shape index (κ3) is 3.45. The van der Waals surface area contributed by atoms with E-state index in [9.17, 15) is 9.59 Å². The molecule has 1 saturated heterocycles. The Morgan fingerprint density at radius 3 is 3.08 bits per heavy atom. The van der Waals surface area contributed by atoms with Crippen molar-refractivity contribution < 1.29 is 14.3 Å². The standard InChI is InChI=1S/C17H20N4O3/c1-2-24-17(23)13-6-4-8-21(11-13)16(22)15-9-14(19-20-15)12-5-3-7-18-10-12/h3,5,7,9-10,13H,2,4,6,8,11H2,1H3,(H,19,20). The number of nitrogens with one attached hydrogen (secondary N) is 1. The summed E-state index contributed by atoms with van der Waals surface area (Å²) in [5.41, 5.74) is 1.93. The molecular formula is C17H20N4O3. The van der Waals surface area contributed by atoms with Crippen molar-refractivity contribution in [3.8, 4) is 11.3 Å². The van der Waals surface area contributed by atoms with Crippen LogP contribution < -0.4 is 0 Å². The second kappa shape index (κ2) is 7.25. The number of ether oxygens (including phenoxy) is 1. The van der Waals surface area contributed by atoms with Gasteiger partial charge in [-0.15, -0.1) is 0 Å². The Morgan fingerprint density at radius 1 is 1.46 bits per heavy atom. The van der Waals surface area contributed by atoms with E-state index in [0.717, 1.165) is 18.4 Å². The highest BCUT2D eigenvalue weighted by Gasteiger charge is 2.30. The fourth-order valence-electron chi connectivity index (χ4n) is 2.88. The number of aromatic amines is 1. The number of hydrogen-bond donors (Lipinski definition) is 1. The number of rotatable bonds is 4. The van der Waals surface area contributed by atoms with Crippen LogP contribution in [0.25, 0.3) is 11.3 Å². The van der Waals surface area contributed by atoms with Gasteiger partial charge in [-0.1, -0.05) is 0 Å². The van der Waals surface area contributed by atoms with Gasteiger partial charge in [0.1, 0.15) is 5.69 Å². The molecule has 0 spiro atoms. The number of pyridine rings is 1. The Morgan fingerprint density at radius 2 is 2.33 bits per heavy atom. The Kier molecular flexibility index (Phi) is 4.88. The third-order valence-electron chi connectivity index (χ3n) is 4.09. The maximum absolute atomic E-state index is 12.7. The van der Waals surface area contributed by atoms with Gasteiger partial charge < -0.3 is 9.64 Å². The first kappa shape index (κ1) is 16.2. The van der Waals surface area contributed by atoms with E-state index < -0.39 is 0 Å². The molecule has 1 fully saturated rings. The summed E-state index contributed by atoms with van der Waals surface area (Å²) in [6.45, 7) is 3.17. The molecule has 0 aliphatic carbocycles. The van der Waals surface area contributed by atoms with Gasteiger partial charge in [0, 0.05) is 31.0 Å². The molecule has 1 N–H and O–H groups in total. The average molecular weight is 328 g/mol. The molecule has 0 aromatic carbocycles. The van der Waals surface area contributed by atoms with Crippen molar-refractivity contribution in [1.82, 2.24) is 20.1 Å². The van der Waals surface area contributed by atoms with Crippen molar-refractivity contribution in [1.29, 1.82) is 0 Å². The summed E-state index contributed by atoms with van der Waals surface area (Å²) in [7, 11) is 0. The Bertz CT molecular complexity index is 714. The molecular weight excluding hydrogens is 308 g/mol. The number of hydrogen-bond acceptors (Lipinski definition) is 5. The largest absolute Gasteiger partial charge is 0.466 e. The number of H-pyrrole nitrogens is 1. The monoisotopic (exact) mass is 328 g/mol. The van der Waals surface area contributed by atoms with Crippen LogP contribution in [0.15, 0.2) is 30.6 Å². The number of likely N-dealkylation sites (tertiary alicyclic amines) is 1. The molecule has 0 radical (unpaired) electrons. The highest BCUT2D eigenvalue weighted by molar-refractivity contribution is 5.93. The van der Waals surface area contributed by atoms with Gasteiger partial charge in [-0.2, -0.15) is 5.10 Å². The van der Waals surface area contributed by atoms with E-state index >= 15 is 0 Å². The minimum atomic E-state index is -0.247. The zero-order chi connectivity index (χ0) is 16.9. The lowest BCUT2D eigenvalue weighted by Gasteiger charge is -2.31. The highest BCUT2D eigenvalue weighted by Crippen LogP contribution is 2.21. The van der Waals surface area contributed by atoms with Crippen LogP contribution in [0.2, 0.25) is 0 Å². The topological polar surface area (TPSA) is 88.2 Å². The summed E-state index contributed by atoms with van der Waals surface area (Å²) in [6.07, 6.45) is 4.93. The van der Waals surface area contributed by atoms with E-state index in [2.05, 4.69) is 15.2 Å². The van der Waals surface area contributed by atoms with Gasteiger partial charge >= 0.3 is 5.97 Å². The minimum Gasteiger partial charge on any atom is -0.466 e. The van der Waals surface area contributed by atoms with Crippen molar-refractivity contribution in [2.24, 2.45) is 5.92 Å². The predicted molar refractivity (Wildman–Crippen MR) is 87.1 cm³/mol. The molecule has 1 unspecified atom stereocenters. The summed E-state index contributed by atoms with van der Waals surface area (Å²) in [6, 6.07) is 5.42. The maximum Gasteiger partial charge on any atom is 0.310 e. The summed E-state index contributed by atoms with van der Waals surface area (Å²) in [5.74, 6) is -0.620. The third-order valence-corrected chi connectivity index (χ3v) is 4.09. The van der Waals surface area contributed by atoms with Crippen LogP contribution in [-0.2, 0) is 9.53 Å². The van der Waals surface area contributed by atoms with E-state index in [-0.39, 0.29) is 17.8 Å². The van der Waals surface area contributed by atoms with Gasteiger partial charge in [0.2, 0.25) is 0 Å². The summed E-state index contributed by atoms with van der Waals surface area (Å²) in [4.78, 5) is 30.3. The molecule has 7 nitrogen and oxygen atoms in total. The molecule has 3 rings (SSSR count). The molecule has 1 amide bonds. The zero-order valence-electron chi connectivity index (χ0n) is 13.6. The molecule has 1 aliphatic heterocycles. The van der Waals surface area contributed by atoms with Crippen LogP contribution in [-0.4, -0.2) is 51.7 Å². The normalized spacial score (nSPS) is 17.5. The highest BCUT2D eigenvalue weighted by atomic mass is 16.5. The van der Waals surface area contributed by atoms with E-state index in [0.29, 0.717) is 31.1 Å². The molecule has 0 saturated carbocycles. The van der Waals surface area contributed by atoms with Crippen LogP contribution in [0.3, 0.4) is 0 Å². The summed E-state index contributed by atoms with van der Waals surface area (Å²) < 4.78 is 5.07. The lowest BCUT2D eigenvalue weighted by molar-refractivity contribution is -0.149. The second-order valence-corrected chi connectivity index (χ2v) is 5.75. The number of carbonyl (C=O) groups is 2. The van der Waals surface area contributed by atoms with Crippen LogP contribution in [0.4, 0.5) is 0 Å². The first-order valence-electron chi connectivity index (χ1n) is 8.10. The zero-order valence-corrected chi connectivity index (χ0v) is 13.6. The van der Waals surface area contributed by atoms with Gasteiger partial charge in [0.25, 0.3) is 5.91 Å². The van der Waals surface area contributed by atoms with Gasteiger partial charge in [0.05, 0.1) is 18.2 Å². The molecule has 2 aromatic rings. The van der Waals surface area contributed by atoms with Crippen molar-refractivity contribution in [2.45, 2.75) is 19.8 Å². The fourth-order valence-corrected chi connectivity index (χ4v) is 2.88. The van der Waals surface area contributed by atoms with Crippen LogP contribution in [0.1, 0.15) is 30.3 Å². The number of aromatic nitrogens is 3. The number of carbonyl (C=O) groups excluding carboxylic acids is 2. The van der Waals surface area contributed by atoms with Crippen molar-refractivity contribution in [2.75, 3.05) is 19.7 Å². The summed E-state index contributed by atoms with van der Waals surface area (Å²) in [5, 5.41) is 6.97. The average Bonchev–Trinajstić information content (AvgIpc) is 3.12. The Labute approximate surface area is 140 Å². The van der Waals surface area contributed by atoms with E-state index in [4.69, 9.17) is 4.74 Å². The second-order valence-electron chi connectivity index (χ2n) is 5.75. The SMILES string of the molecule is CCOC(=O)C1CCCN(C(=O)c2cc(-c3cccnc3)n[nH]2)C1. The lowest BCUT2D eigenvalue weighted by atomic mass is 9.98. The molecule has 2 aromatic heterocycles. The molecule has 126 valence electrons. The quantitative estimate of drug-likeness (QED) is 0.866. The van der Waals surface area contributed by atoms with Crippen LogP contribution >= 0.6 is 0 Å². The Balaban J connectivity index is 1.70. The molecule has 7 heteroatoms. The van der Waals surface area contributed by atoms with E-state index in [1.165, 1.54) is 0 Å². The van der Waals surface area contributed by atoms with Crippen molar-refractivity contribution >= 4 is 11.9 Å². The first-order valence-corrected chi connectivity index (χ1v) is 8.10. The van der Waals surface area contributed by atoms with Crippen molar-refractivity contribution in [3.63, 3.8) is 0 Å². The van der Waals surface area contributed by atoms with Gasteiger partial charge in [-0.25, -0.2) is 0 Å². The predicted octanol–water partition coefficient (Wildman–Crippen LogP) is 1.89. The van der Waals surface area contributed by atoms with Gasteiger partial charge in [0.15, 0.2) is 0 Å². The summed E-state index contributed by atoms with van der Waals surface area (Å²) >= 11 is 0. The first-order chi connectivity index (χ1) is 11.7.